The van der Waals surface area contributed by atoms with E-state index in [0.717, 1.165) is 13.2 Å². The molecule has 4 heteroatoms. The molecule has 0 aromatic carbocycles. The molecule has 22 heavy (non-hydrogen) atoms. The summed E-state index contributed by atoms with van der Waals surface area (Å²) in [7, 11) is 0. The van der Waals surface area contributed by atoms with Crippen LogP contribution in [0.4, 0.5) is 0 Å². The summed E-state index contributed by atoms with van der Waals surface area (Å²) in [5, 5.41) is 0. The van der Waals surface area contributed by atoms with Gasteiger partial charge in [-0.2, -0.15) is 0 Å². The Balaban J connectivity index is 1.27. The van der Waals surface area contributed by atoms with Gasteiger partial charge < -0.3 is 9.47 Å². The third kappa shape index (κ3) is 2.95. The molecule has 0 aromatic heterocycles. The quantitative estimate of drug-likeness (QED) is 0.778. The van der Waals surface area contributed by atoms with Crippen molar-refractivity contribution in [2.75, 3.05) is 26.3 Å². The standard InChI is InChI=1S/C18H32N2O2/c1-13(19-9-17-7-5-15(19)11-21-17)3-4-14(2)20-10-18-8-6-16(20)12-22-18/h13-18H,3-12H2,1-2H3/t13?,14?,15-,16+,17-,18+. The van der Waals surface area contributed by atoms with Crippen LogP contribution in [0.2, 0.25) is 0 Å². The number of nitrogens with zero attached hydrogens (tertiary/aromatic N) is 2. The van der Waals surface area contributed by atoms with Crippen LogP contribution in [0.15, 0.2) is 0 Å². The molecule has 6 aliphatic heterocycles. The number of hydrogen-bond donors (Lipinski definition) is 0. The zero-order valence-corrected chi connectivity index (χ0v) is 14.2. The Morgan fingerprint density at radius 1 is 0.773 bits per heavy atom. The van der Waals surface area contributed by atoms with Crippen molar-refractivity contribution in [2.45, 2.75) is 88.7 Å². The first-order valence-electron chi connectivity index (χ1n) is 9.45. The molecule has 0 spiro atoms. The highest BCUT2D eigenvalue weighted by Crippen LogP contribution is 2.31. The second-order valence-electron chi connectivity index (χ2n) is 8.04. The summed E-state index contributed by atoms with van der Waals surface area (Å²) < 4.78 is 11.7. The molecular weight excluding hydrogens is 276 g/mol. The summed E-state index contributed by atoms with van der Waals surface area (Å²) in [5.74, 6) is 0. The molecule has 6 atom stereocenters. The number of morpholine rings is 2. The average Bonchev–Trinajstić information content (AvgIpc) is 2.61. The minimum Gasteiger partial charge on any atom is -0.375 e. The Labute approximate surface area is 135 Å². The lowest BCUT2D eigenvalue weighted by Crippen LogP contribution is -2.58. The third-order valence-electron chi connectivity index (χ3n) is 6.59. The predicted molar refractivity (Wildman–Crippen MR) is 87.1 cm³/mol. The van der Waals surface area contributed by atoms with Gasteiger partial charge in [-0.1, -0.05) is 0 Å². The van der Waals surface area contributed by atoms with Crippen molar-refractivity contribution in [1.82, 2.24) is 9.80 Å². The van der Waals surface area contributed by atoms with Gasteiger partial charge in [-0.05, 0) is 52.4 Å². The summed E-state index contributed by atoms with van der Waals surface area (Å²) in [4.78, 5) is 5.46. The van der Waals surface area contributed by atoms with Crippen molar-refractivity contribution in [1.29, 1.82) is 0 Å². The summed E-state index contributed by atoms with van der Waals surface area (Å²) in [5.41, 5.74) is 0. The smallest absolute Gasteiger partial charge is 0.0703 e. The summed E-state index contributed by atoms with van der Waals surface area (Å²) in [6, 6.07) is 2.79. The summed E-state index contributed by atoms with van der Waals surface area (Å²) in [6.07, 6.45) is 8.91. The normalized spacial score (nSPS) is 41.7. The number of hydrogen-bond acceptors (Lipinski definition) is 4. The molecule has 6 rings (SSSR count). The highest BCUT2D eigenvalue weighted by atomic mass is 16.5. The van der Waals surface area contributed by atoms with E-state index < -0.39 is 0 Å². The molecule has 126 valence electrons. The van der Waals surface area contributed by atoms with Crippen LogP contribution in [0.5, 0.6) is 0 Å². The highest BCUT2D eigenvalue weighted by Gasteiger charge is 2.38. The van der Waals surface area contributed by atoms with E-state index in [9.17, 15) is 0 Å². The van der Waals surface area contributed by atoms with Gasteiger partial charge in [0.15, 0.2) is 0 Å². The first kappa shape index (κ1) is 15.4. The molecular formula is C18H32N2O2. The van der Waals surface area contributed by atoms with Crippen molar-refractivity contribution in [3.8, 4) is 0 Å². The number of ether oxygens (including phenoxy) is 2. The lowest BCUT2D eigenvalue weighted by Gasteiger charge is -2.49. The van der Waals surface area contributed by atoms with Crippen molar-refractivity contribution in [2.24, 2.45) is 0 Å². The molecule has 0 radical (unpaired) electrons. The Bertz CT molecular complexity index is 339. The van der Waals surface area contributed by atoms with Gasteiger partial charge in [-0.3, -0.25) is 9.80 Å². The monoisotopic (exact) mass is 308 g/mol. The minimum atomic E-state index is 0.514. The average molecular weight is 308 g/mol. The summed E-state index contributed by atoms with van der Waals surface area (Å²) >= 11 is 0. The van der Waals surface area contributed by atoms with E-state index in [-0.39, 0.29) is 0 Å². The molecule has 6 saturated heterocycles. The minimum absolute atomic E-state index is 0.514. The number of fused-ring (bicyclic) bond motifs is 6. The van der Waals surface area contributed by atoms with E-state index in [2.05, 4.69) is 23.6 Å². The van der Waals surface area contributed by atoms with Gasteiger partial charge in [0.2, 0.25) is 0 Å². The number of rotatable bonds is 5. The molecule has 0 aliphatic carbocycles. The van der Waals surface area contributed by atoms with Gasteiger partial charge in [0, 0.05) is 37.3 Å². The molecule has 0 saturated carbocycles. The van der Waals surface area contributed by atoms with Gasteiger partial charge in [0.1, 0.15) is 0 Å². The fraction of sp³-hybridized carbons (Fsp3) is 1.00. The van der Waals surface area contributed by atoms with E-state index in [1.54, 1.807) is 0 Å². The van der Waals surface area contributed by atoms with Crippen LogP contribution in [0.3, 0.4) is 0 Å². The van der Waals surface area contributed by atoms with Crippen LogP contribution in [0.25, 0.3) is 0 Å². The molecule has 4 nitrogen and oxygen atoms in total. The Hall–Kier alpha value is -0.160. The van der Waals surface area contributed by atoms with E-state index in [1.807, 2.05) is 0 Å². The van der Waals surface area contributed by atoms with Crippen LogP contribution >= 0.6 is 0 Å². The van der Waals surface area contributed by atoms with Crippen molar-refractivity contribution in [3.63, 3.8) is 0 Å². The molecule has 6 heterocycles. The largest absolute Gasteiger partial charge is 0.375 e. The Morgan fingerprint density at radius 3 is 1.50 bits per heavy atom. The van der Waals surface area contributed by atoms with E-state index >= 15 is 0 Å². The topological polar surface area (TPSA) is 24.9 Å². The fourth-order valence-electron chi connectivity index (χ4n) is 5.06. The predicted octanol–water partition coefficient (Wildman–Crippen LogP) is 2.27. The van der Waals surface area contributed by atoms with Gasteiger partial charge in [0.25, 0.3) is 0 Å². The van der Waals surface area contributed by atoms with Crippen molar-refractivity contribution < 1.29 is 9.47 Å². The van der Waals surface area contributed by atoms with Crippen LogP contribution in [-0.2, 0) is 9.47 Å². The lowest BCUT2D eigenvalue weighted by molar-refractivity contribution is -0.125. The van der Waals surface area contributed by atoms with Crippen molar-refractivity contribution >= 4 is 0 Å². The fourth-order valence-corrected chi connectivity index (χ4v) is 5.06. The lowest BCUT2D eigenvalue weighted by atomic mass is 9.92. The van der Waals surface area contributed by atoms with Gasteiger partial charge in [0.05, 0.1) is 25.4 Å². The molecule has 2 unspecified atom stereocenters. The van der Waals surface area contributed by atoms with Gasteiger partial charge in [-0.15, -0.1) is 0 Å². The molecule has 0 N–H and O–H groups in total. The highest BCUT2D eigenvalue weighted by molar-refractivity contribution is 4.92. The molecule has 4 bridgehead atoms. The maximum atomic E-state index is 5.85. The van der Waals surface area contributed by atoms with Gasteiger partial charge in [-0.25, -0.2) is 0 Å². The summed E-state index contributed by atoms with van der Waals surface area (Å²) in [6.45, 7) is 9.14. The zero-order chi connectivity index (χ0) is 15.1. The molecule has 6 fully saturated rings. The maximum absolute atomic E-state index is 5.85. The van der Waals surface area contributed by atoms with Crippen LogP contribution in [-0.4, -0.2) is 72.5 Å². The first-order chi connectivity index (χ1) is 10.7. The molecule has 6 aliphatic rings. The molecule has 0 aromatic rings. The second-order valence-corrected chi connectivity index (χ2v) is 8.04. The number of piperidine rings is 2. The van der Waals surface area contributed by atoms with E-state index in [1.165, 1.54) is 51.6 Å². The van der Waals surface area contributed by atoms with E-state index in [0.29, 0.717) is 36.4 Å². The zero-order valence-electron chi connectivity index (χ0n) is 14.2. The Kier molecular flexibility index (Phi) is 4.46. The third-order valence-corrected chi connectivity index (χ3v) is 6.59. The van der Waals surface area contributed by atoms with Crippen LogP contribution in [0.1, 0.15) is 52.4 Å². The second kappa shape index (κ2) is 6.39. The van der Waals surface area contributed by atoms with Crippen molar-refractivity contribution in [3.05, 3.63) is 0 Å². The van der Waals surface area contributed by atoms with Gasteiger partial charge >= 0.3 is 0 Å². The van der Waals surface area contributed by atoms with E-state index in [4.69, 9.17) is 9.47 Å². The van der Waals surface area contributed by atoms with Crippen LogP contribution < -0.4 is 0 Å². The SMILES string of the molecule is CC(CCC(C)N1C[C@@H]2CC[C@H]1CO2)N1C[C@H]2CC[C@@H]1CO2. The first-order valence-corrected chi connectivity index (χ1v) is 9.45. The maximum Gasteiger partial charge on any atom is 0.0703 e. The Morgan fingerprint density at radius 2 is 1.23 bits per heavy atom. The van der Waals surface area contributed by atoms with Crippen LogP contribution in [0, 0.1) is 0 Å². The molecule has 0 amide bonds.